The summed E-state index contributed by atoms with van der Waals surface area (Å²) in [5.74, 6) is -1.66. The Bertz CT molecular complexity index is 997. The van der Waals surface area contributed by atoms with E-state index in [1.807, 2.05) is 0 Å². The van der Waals surface area contributed by atoms with Crippen LogP contribution in [0.5, 0.6) is 0 Å². The molecule has 1 N–H and O–H groups in total. The van der Waals surface area contributed by atoms with E-state index < -0.39 is 17.7 Å². The van der Waals surface area contributed by atoms with Crippen LogP contribution in [-0.2, 0) is 4.74 Å². The highest BCUT2D eigenvalue weighted by molar-refractivity contribution is 7.14. The first-order valence-electron chi connectivity index (χ1n) is 7.77. The Morgan fingerprint density at radius 1 is 1.41 bits per heavy atom. The molecule has 0 spiro atoms. The van der Waals surface area contributed by atoms with E-state index in [1.165, 1.54) is 30.5 Å². The van der Waals surface area contributed by atoms with Crippen molar-refractivity contribution in [1.82, 2.24) is 10.1 Å². The second-order valence-corrected chi connectivity index (χ2v) is 6.54. The van der Waals surface area contributed by atoms with Crippen molar-refractivity contribution in [2.24, 2.45) is 0 Å². The number of carbonyl (C=O) groups excluding carboxylic acids is 2. The molecule has 0 aliphatic carbocycles. The lowest BCUT2D eigenvalue weighted by atomic mass is 10.1. The summed E-state index contributed by atoms with van der Waals surface area (Å²) in [5.41, 5.74) is 0.0502. The molecule has 2 heterocycles. The molecule has 3 aromatic rings. The van der Waals surface area contributed by atoms with Crippen molar-refractivity contribution in [2.75, 3.05) is 11.9 Å². The van der Waals surface area contributed by atoms with Gasteiger partial charge in [-0.25, -0.2) is 14.2 Å². The molecule has 1 aromatic carbocycles. The summed E-state index contributed by atoms with van der Waals surface area (Å²) in [6.45, 7) is 3.41. The van der Waals surface area contributed by atoms with E-state index >= 15 is 0 Å². The van der Waals surface area contributed by atoms with Gasteiger partial charge in [-0.1, -0.05) is 22.8 Å². The number of aromatic nitrogens is 2. The number of halogens is 2. The molecule has 0 fully saturated rings. The fourth-order valence-electron chi connectivity index (χ4n) is 2.32. The van der Waals surface area contributed by atoms with Crippen LogP contribution in [0, 0.1) is 12.7 Å². The van der Waals surface area contributed by atoms with Gasteiger partial charge in [-0.2, -0.15) is 0 Å². The number of hydrogen-bond donors (Lipinski definition) is 1. The molecule has 0 saturated carbocycles. The van der Waals surface area contributed by atoms with Gasteiger partial charge >= 0.3 is 5.97 Å². The molecule has 1 amide bonds. The standard InChI is InChI=1S/C17H13ClFN3O4S/c1-3-25-16(24)11-7-27-17(20-11)21-15(23)12-8(2)26-22-14(12)13-9(18)5-4-6-10(13)19/h4-7H,3H2,1-2H3,(H,20,21,23). The maximum atomic E-state index is 14.2. The van der Waals surface area contributed by atoms with Gasteiger partial charge in [0.15, 0.2) is 10.8 Å². The van der Waals surface area contributed by atoms with Crippen molar-refractivity contribution in [3.05, 3.63) is 51.4 Å². The van der Waals surface area contributed by atoms with Crippen LogP contribution < -0.4 is 5.32 Å². The van der Waals surface area contributed by atoms with Crippen LogP contribution in [0.1, 0.15) is 33.5 Å². The van der Waals surface area contributed by atoms with E-state index in [0.717, 1.165) is 11.3 Å². The summed E-state index contributed by atoms with van der Waals surface area (Å²) >= 11 is 7.11. The van der Waals surface area contributed by atoms with E-state index in [0.29, 0.717) is 0 Å². The SMILES string of the molecule is CCOC(=O)c1csc(NC(=O)c2c(-c3c(F)cccc3Cl)noc2C)n1. The van der Waals surface area contributed by atoms with Crippen LogP contribution in [0.3, 0.4) is 0 Å². The minimum atomic E-state index is -0.635. The van der Waals surface area contributed by atoms with E-state index in [2.05, 4.69) is 15.5 Å². The predicted molar refractivity (Wildman–Crippen MR) is 97.7 cm³/mol. The number of benzene rings is 1. The predicted octanol–water partition coefficient (Wildman–Crippen LogP) is 4.33. The molecule has 0 atom stereocenters. The molecule has 0 radical (unpaired) electrons. The summed E-state index contributed by atoms with van der Waals surface area (Å²) < 4.78 is 24.1. The molecule has 2 aromatic heterocycles. The first-order chi connectivity index (χ1) is 12.9. The highest BCUT2D eigenvalue weighted by Crippen LogP contribution is 2.33. The number of amides is 1. The second-order valence-electron chi connectivity index (χ2n) is 5.27. The van der Waals surface area contributed by atoms with Gasteiger partial charge in [0.1, 0.15) is 22.8 Å². The van der Waals surface area contributed by atoms with Crippen LogP contribution in [0.2, 0.25) is 5.02 Å². The van der Waals surface area contributed by atoms with Crippen LogP contribution in [0.4, 0.5) is 9.52 Å². The lowest BCUT2D eigenvalue weighted by Gasteiger charge is -2.05. The van der Waals surface area contributed by atoms with Crippen LogP contribution in [-0.4, -0.2) is 28.6 Å². The minimum absolute atomic E-state index is 0.0183. The van der Waals surface area contributed by atoms with Gasteiger partial charge in [0.05, 0.1) is 17.2 Å². The Kier molecular flexibility index (Phi) is 5.52. The third-order valence-corrected chi connectivity index (χ3v) is 4.57. The van der Waals surface area contributed by atoms with Crippen LogP contribution in [0.15, 0.2) is 28.1 Å². The lowest BCUT2D eigenvalue weighted by Crippen LogP contribution is -2.14. The van der Waals surface area contributed by atoms with Crippen molar-refractivity contribution in [2.45, 2.75) is 13.8 Å². The number of anilines is 1. The Morgan fingerprint density at radius 2 is 2.19 bits per heavy atom. The average molecular weight is 410 g/mol. The molecule has 27 heavy (non-hydrogen) atoms. The van der Waals surface area contributed by atoms with Gasteiger partial charge in [-0.3, -0.25) is 10.1 Å². The molecule has 7 nitrogen and oxygen atoms in total. The number of hydrogen-bond acceptors (Lipinski definition) is 7. The summed E-state index contributed by atoms with van der Waals surface area (Å²) in [6, 6.07) is 4.14. The number of thiazole rings is 1. The number of esters is 1. The van der Waals surface area contributed by atoms with Crippen molar-refractivity contribution < 1.29 is 23.2 Å². The summed E-state index contributed by atoms with van der Waals surface area (Å²) in [4.78, 5) is 28.4. The zero-order chi connectivity index (χ0) is 19.6. The Labute approximate surface area is 162 Å². The molecule has 0 aliphatic rings. The van der Waals surface area contributed by atoms with Gasteiger partial charge in [0.25, 0.3) is 5.91 Å². The van der Waals surface area contributed by atoms with Crippen molar-refractivity contribution >= 4 is 39.9 Å². The second kappa shape index (κ2) is 7.85. The molecule has 0 saturated heterocycles. The minimum Gasteiger partial charge on any atom is -0.461 e. The molecular formula is C17H13ClFN3O4S. The van der Waals surface area contributed by atoms with Gasteiger partial charge in [-0.15, -0.1) is 11.3 Å². The maximum Gasteiger partial charge on any atom is 0.357 e. The molecule has 0 aliphatic heterocycles. The normalized spacial score (nSPS) is 10.7. The fourth-order valence-corrected chi connectivity index (χ4v) is 3.25. The van der Waals surface area contributed by atoms with E-state index in [4.69, 9.17) is 20.9 Å². The van der Waals surface area contributed by atoms with Gasteiger partial charge in [0, 0.05) is 5.38 Å². The number of rotatable bonds is 5. The van der Waals surface area contributed by atoms with Crippen molar-refractivity contribution in [3.8, 4) is 11.3 Å². The molecule has 140 valence electrons. The quantitative estimate of drug-likeness (QED) is 0.630. The first kappa shape index (κ1) is 19.0. The Hall–Kier alpha value is -2.78. The number of nitrogens with zero attached hydrogens (tertiary/aromatic N) is 2. The summed E-state index contributed by atoms with van der Waals surface area (Å²) in [6.07, 6.45) is 0. The highest BCUT2D eigenvalue weighted by Gasteiger charge is 2.26. The van der Waals surface area contributed by atoms with E-state index in [9.17, 15) is 14.0 Å². The molecule has 0 unspecified atom stereocenters. The third kappa shape index (κ3) is 3.83. The number of ether oxygens (including phenoxy) is 1. The number of aryl methyl sites for hydroxylation is 1. The largest absolute Gasteiger partial charge is 0.461 e. The topological polar surface area (TPSA) is 94.3 Å². The van der Waals surface area contributed by atoms with Gasteiger partial charge in [-0.05, 0) is 26.0 Å². The van der Waals surface area contributed by atoms with Crippen LogP contribution >= 0.6 is 22.9 Å². The van der Waals surface area contributed by atoms with Crippen molar-refractivity contribution in [3.63, 3.8) is 0 Å². The first-order valence-corrected chi connectivity index (χ1v) is 9.02. The molecule has 0 bridgehead atoms. The molecule has 10 heteroatoms. The molecule has 3 rings (SSSR count). The highest BCUT2D eigenvalue weighted by atomic mass is 35.5. The van der Waals surface area contributed by atoms with E-state index in [-0.39, 0.29) is 45.0 Å². The Morgan fingerprint density at radius 3 is 2.89 bits per heavy atom. The summed E-state index contributed by atoms with van der Waals surface area (Å²) in [7, 11) is 0. The number of nitrogens with one attached hydrogen (secondary N) is 1. The van der Waals surface area contributed by atoms with Gasteiger partial charge < -0.3 is 9.26 Å². The average Bonchev–Trinajstić information content (AvgIpc) is 3.22. The number of carbonyl (C=O) groups is 2. The zero-order valence-corrected chi connectivity index (χ0v) is 15.8. The Balaban J connectivity index is 1.91. The fraction of sp³-hybridized carbons (Fsp3) is 0.176. The lowest BCUT2D eigenvalue weighted by molar-refractivity contribution is 0.0520. The van der Waals surface area contributed by atoms with Crippen LogP contribution in [0.25, 0.3) is 11.3 Å². The third-order valence-electron chi connectivity index (χ3n) is 3.50. The monoisotopic (exact) mass is 409 g/mol. The van der Waals surface area contributed by atoms with Crippen molar-refractivity contribution in [1.29, 1.82) is 0 Å². The van der Waals surface area contributed by atoms with Gasteiger partial charge in [0.2, 0.25) is 0 Å². The zero-order valence-electron chi connectivity index (χ0n) is 14.2. The van der Waals surface area contributed by atoms with E-state index in [1.54, 1.807) is 6.92 Å². The maximum absolute atomic E-state index is 14.2. The summed E-state index contributed by atoms with van der Waals surface area (Å²) in [5, 5.41) is 8.05. The molecular weight excluding hydrogens is 397 g/mol. The smallest absolute Gasteiger partial charge is 0.357 e.